The van der Waals surface area contributed by atoms with Crippen LogP contribution in [0.1, 0.15) is 25.3 Å². The van der Waals surface area contributed by atoms with E-state index in [1.165, 1.54) is 0 Å². The van der Waals surface area contributed by atoms with Crippen molar-refractivity contribution in [1.82, 2.24) is 4.90 Å². The summed E-state index contributed by atoms with van der Waals surface area (Å²) in [6, 6.07) is 1.90. The third kappa shape index (κ3) is 1.93. The van der Waals surface area contributed by atoms with Gasteiger partial charge in [0.05, 0.1) is 12.5 Å². The van der Waals surface area contributed by atoms with Gasteiger partial charge in [-0.25, -0.2) is 4.52 Å². The zero-order valence-electron chi connectivity index (χ0n) is 9.01. The van der Waals surface area contributed by atoms with Crippen molar-refractivity contribution in [3.63, 3.8) is 0 Å². The number of carbonyl (C=O) groups excluding carboxylic acids is 1. The minimum atomic E-state index is -0.0128. The van der Waals surface area contributed by atoms with Crippen molar-refractivity contribution in [2.45, 2.75) is 26.4 Å². The quantitative estimate of drug-likeness (QED) is 0.512. The fourth-order valence-electron chi connectivity index (χ4n) is 1.80. The Bertz CT molecular complexity index is 395. The molecule has 0 fully saturated rings. The predicted molar refractivity (Wildman–Crippen MR) is 53.8 cm³/mol. The molecule has 1 atom stereocenters. The van der Waals surface area contributed by atoms with Crippen LogP contribution < -0.4 is 4.74 Å². The van der Waals surface area contributed by atoms with Gasteiger partial charge in [-0.05, 0) is 0 Å². The first-order chi connectivity index (χ1) is 7.18. The van der Waals surface area contributed by atoms with E-state index < -0.39 is 0 Å². The first-order valence-corrected chi connectivity index (χ1v) is 5.09. The maximum atomic E-state index is 11.4. The third-order valence-electron chi connectivity index (χ3n) is 2.58. The van der Waals surface area contributed by atoms with E-state index in [1.54, 1.807) is 16.6 Å². The van der Waals surface area contributed by atoms with Gasteiger partial charge in [0.2, 0.25) is 12.1 Å². The average Bonchev–Trinajstić information content (AvgIpc) is 2.65. The first-order valence-electron chi connectivity index (χ1n) is 5.09. The third-order valence-corrected chi connectivity index (χ3v) is 2.58. The molecule has 2 rings (SSSR count). The van der Waals surface area contributed by atoms with Gasteiger partial charge in [-0.2, -0.15) is 0 Å². The van der Waals surface area contributed by atoms with Crippen LogP contribution in [0.5, 0.6) is 0 Å². The largest absolute Gasteiger partial charge is 0.283 e. The van der Waals surface area contributed by atoms with Crippen molar-refractivity contribution >= 4 is 5.91 Å². The van der Waals surface area contributed by atoms with E-state index in [9.17, 15) is 4.79 Å². The highest BCUT2D eigenvalue weighted by Gasteiger charge is 2.32. The summed E-state index contributed by atoms with van der Waals surface area (Å²) in [6.07, 6.45) is 6.75. The summed E-state index contributed by atoms with van der Waals surface area (Å²) in [6.45, 7) is 4.14. The molecule has 0 aliphatic carbocycles. The molecule has 0 bridgehead atoms. The molecule has 2 heterocycles. The Balaban J connectivity index is 2.26. The standard InChI is InChI=1S/C11H15N2O2/c1-9-6-8-13(15-9)11-5-3-4-7-12(11)10(2)14/h3-4,6,8,11H,5,7H2,1-2H3/q+1. The van der Waals surface area contributed by atoms with Crippen LogP contribution in [0.25, 0.3) is 0 Å². The van der Waals surface area contributed by atoms with Gasteiger partial charge in [0, 0.05) is 25.1 Å². The molecule has 0 saturated carbocycles. The molecule has 1 aromatic heterocycles. The zero-order valence-corrected chi connectivity index (χ0v) is 9.01. The van der Waals surface area contributed by atoms with Crippen molar-refractivity contribution in [3.05, 3.63) is 30.2 Å². The molecule has 1 aliphatic rings. The van der Waals surface area contributed by atoms with E-state index in [0.717, 1.165) is 12.2 Å². The van der Waals surface area contributed by atoms with Crippen molar-refractivity contribution in [2.24, 2.45) is 0 Å². The van der Waals surface area contributed by atoms with Crippen LogP contribution in [0.4, 0.5) is 0 Å². The van der Waals surface area contributed by atoms with E-state index in [4.69, 9.17) is 4.52 Å². The van der Waals surface area contributed by atoms with E-state index >= 15 is 0 Å². The minimum Gasteiger partial charge on any atom is -0.277 e. The number of nitrogens with zero attached hydrogens (tertiary/aromatic N) is 2. The van der Waals surface area contributed by atoms with Crippen molar-refractivity contribution in [3.8, 4) is 0 Å². The summed E-state index contributed by atoms with van der Waals surface area (Å²) in [5, 5.41) is 0. The maximum Gasteiger partial charge on any atom is 0.283 e. The molecule has 15 heavy (non-hydrogen) atoms. The Morgan fingerprint density at radius 3 is 3.00 bits per heavy atom. The molecule has 4 heteroatoms. The van der Waals surface area contributed by atoms with Gasteiger partial charge in [-0.1, -0.05) is 12.2 Å². The zero-order chi connectivity index (χ0) is 10.8. The van der Waals surface area contributed by atoms with Gasteiger partial charge in [-0.15, -0.1) is 0 Å². The Kier molecular flexibility index (Phi) is 2.58. The van der Waals surface area contributed by atoms with Crippen molar-refractivity contribution < 1.29 is 14.1 Å². The van der Waals surface area contributed by atoms with E-state index in [0.29, 0.717) is 6.54 Å². The summed E-state index contributed by atoms with van der Waals surface area (Å²) < 4.78 is 7.23. The lowest BCUT2D eigenvalue weighted by Crippen LogP contribution is -2.51. The second-order valence-corrected chi connectivity index (χ2v) is 3.74. The lowest BCUT2D eigenvalue weighted by molar-refractivity contribution is -0.895. The molecule has 4 nitrogen and oxygen atoms in total. The van der Waals surface area contributed by atoms with Crippen LogP contribution in [0.2, 0.25) is 0 Å². The number of amides is 1. The SMILES string of the molecule is CC(=O)N1CC=CCC1[n+]1ccc(C)o1. The van der Waals surface area contributed by atoms with Crippen LogP contribution in [0.15, 0.2) is 28.9 Å². The Morgan fingerprint density at radius 2 is 2.40 bits per heavy atom. The lowest BCUT2D eigenvalue weighted by Gasteiger charge is -2.24. The Hall–Kier alpha value is -1.58. The average molecular weight is 207 g/mol. The highest BCUT2D eigenvalue weighted by atomic mass is 16.5. The molecule has 0 radical (unpaired) electrons. The number of hydrogen-bond donors (Lipinski definition) is 0. The lowest BCUT2D eigenvalue weighted by atomic mass is 10.2. The second-order valence-electron chi connectivity index (χ2n) is 3.74. The van der Waals surface area contributed by atoms with Crippen LogP contribution in [0, 0.1) is 6.92 Å². The molecule has 0 N–H and O–H groups in total. The molecule has 80 valence electrons. The van der Waals surface area contributed by atoms with Gasteiger partial charge >= 0.3 is 0 Å². The van der Waals surface area contributed by atoms with Gasteiger partial charge in [0.1, 0.15) is 0 Å². The fraction of sp³-hybridized carbons (Fsp3) is 0.455. The van der Waals surface area contributed by atoms with Crippen LogP contribution in [-0.2, 0) is 4.79 Å². The number of aromatic nitrogens is 1. The number of aryl methyl sites for hydroxylation is 1. The molecular weight excluding hydrogens is 192 g/mol. The summed E-state index contributed by atoms with van der Waals surface area (Å²) in [4.78, 5) is 13.2. The molecule has 0 aromatic carbocycles. The Labute approximate surface area is 88.8 Å². The summed E-state index contributed by atoms with van der Waals surface area (Å²) in [7, 11) is 0. The van der Waals surface area contributed by atoms with Crippen LogP contribution in [0.3, 0.4) is 0 Å². The summed E-state index contributed by atoms with van der Waals surface area (Å²) in [5.74, 6) is 0.930. The topological polar surface area (TPSA) is 37.3 Å². The van der Waals surface area contributed by atoms with E-state index in [1.807, 2.05) is 25.3 Å². The van der Waals surface area contributed by atoms with E-state index in [-0.39, 0.29) is 12.1 Å². The summed E-state index contributed by atoms with van der Waals surface area (Å²) >= 11 is 0. The number of hydrogen-bond acceptors (Lipinski definition) is 2. The molecular formula is C11H15N2O2+. The van der Waals surface area contributed by atoms with Gasteiger partial charge in [0.25, 0.3) is 6.17 Å². The van der Waals surface area contributed by atoms with Crippen molar-refractivity contribution in [1.29, 1.82) is 0 Å². The highest BCUT2D eigenvalue weighted by molar-refractivity contribution is 5.73. The van der Waals surface area contributed by atoms with E-state index in [2.05, 4.69) is 6.08 Å². The molecule has 1 aromatic rings. The molecule has 1 amide bonds. The van der Waals surface area contributed by atoms with Crippen LogP contribution >= 0.6 is 0 Å². The predicted octanol–water partition coefficient (Wildman–Crippen LogP) is 1.18. The van der Waals surface area contributed by atoms with Crippen molar-refractivity contribution in [2.75, 3.05) is 6.54 Å². The summed E-state index contributed by atoms with van der Waals surface area (Å²) in [5.41, 5.74) is 0. The van der Waals surface area contributed by atoms with Gasteiger partial charge in [0.15, 0.2) is 5.76 Å². The number of rotatable bonds is 1. The van der Waals surface area contributed by atoms with Gasteiger partial charge < -0.3 is 0 Å². The normalized spacial score (nSPS) is 20.7. The minimum absolute atomic E-state index is 0.0128. The highest BCUT2D eigenvalue weighted by Crippen LogP contribution is 2.16. The first kappa shape index (κ1) is 9.96. The molecule has 0 spiro atoms. The smallest absolute Gasteiger partial charge is 0.277 e. The maximum absolute atomic E-state index is 11.4. The monoisotopic (exact) mass is 207 g/mol. The molecule has 1 unspecified atom stereocenters. The number of carbonyl (C=O) groups is 1. The molecule has 1 aliphatic heterocycles. The second kappa shape index (κ2) is 3.88. The van der Waals surface area contributed by atoms with Crippen LogP contribution in [-0.4, -0.2) is 17.4 Å². The fourth-order valence-corrected chi connectivity index (χ4v) is 1.80. The molecule has 0 saturated heterocycles. The Morgan fingerprint density at radius 1 is 1.60 bits per heavy atom. The van der Waals surface area contributed by atoms with Gasteiger partial charge in [-0.3, -0.25) is 9.69 Å².